The molecule has 5 heteroatoms. The van der Waals surface area contributed by atoms with Gasteiger partial charge in [-0.1, -0.05) is 85.5 Å². The third kappa shape index (κ3) is 11.0. The second-order valence-electron chi connectivity index (χ2n) is 10.1. The Morgan fingerprint density at radius 3 is 1.89 bits per heavy atom. The van der Waals surface area contributed by atoms with Gasteiger partial charge in [0.15, 0.2) is 0 Å². The second-order valence-corrected chi connectivity index (χ2v) is 11.5. The molecule has 1 aromatic carbocycles. The maximum atomic E-state index is 6.52. The van der Waals surface area contributed by atoms with Gasteiger partial charge in [0.1, 0.15) is 11.5 Å². The molecule has 0 bridgehead atoms. The number of rotatable bonds is 16. The number of fused-ring (bicyclic) bond motifs is 1. The van der Waals surface area contributed by atoms with Gasteiger partial charge in [-0.15, -0.1) is 0 Å². The van der Waals surface area contributed by atoms with Crippen molar-refractivity contribution in [2.45, 2.75) is 138 Å². The Labute approximate surface area is 218 Å². The number of ether oxygens (including phenoxy) is 1. The highest BCUT2D eigenvalue weighted by atomic mass is 31.2. The molecule has 0 saturated heterocycles. The van der Waals surface area contributed by atoms with Crippen molar-refractivity contribution in [3.63, 3.8) is 0 Å². The Kier molecular flexibility index (Phi) is 16.9. The first-order valence-electron chi connectivity index (χ1n) is 14.2. The largest absolute Gasteiger partial charge is 0.490 e. The van der Waals surface area contributed by atoms with Crippen LogP contribution in [0, 0.1) is 26.7 Å². The predicted octanol–water partition coefficient (Wildman–Crippen LogP) is 10.2. The molecule has 0 radical (unpaired) electrons. The Morgan fingerprint density at radius 1 is 0.800 bits per heavy atom. The van der Waals surface area contributed by atoms with Crippen molar-refractivity contribution >= 4 is 8.60 Å². The molecule has 0 aromatic heterocycles. The maximum Gasteiger partial charge on any atom is 0.396 e. The molecule has 4 nitrogen and oxygen atoms in total. The normalized spacial score (nSPS) is 15.0. The minimum atomic E-state index is -1.36. The van der Waals surface area contributed by atoms with Crippen LogP contribution < -0.4 is 9.26 Å². The fourth-order valence-corrected chi connectivity index (χ4v) is 5.59. The number of benzene rings is 1. The molecule has 2 rings (SSSR count). The van der Waals surface area contributed by atoms with E-state index in [0.717, 1.165) is 41.4 Å². The molecule has 1 aliphatic rings. The van der Waals surface area contributed by atoms with Gasteiger partial charge in [-0.25, -0.2) is 0 Å². The van der Waals surface area contributed by atoms with E-state index in [1.165, 1.54) is 81.8 Å². The van der Waals surface area contributed by atoms with Gasteiger partial charge in [-0.3, -0.25) is 0 Å². The van der Waals surface area contributed by atoms with Crippen LogP contribution in [-0.4, -0.2) is 20.3 Å². The molecule has 1 heterocycles. The van der Waals surface area contributed by atoms with Gasteiger partial charge >= 0.3 is 8.60 Å². The Morgan fingerprint density at radius 2 is 1.34 bits per heavy atom. The van der Waals surface area contributed by atoms with Crippen molar-refractivity contribution in [1.82, 2.24) is 0 Å². The van der Waals surface area contributed by atoms with E-state index >= 15 is 0 Å². The van der Waals surface area contributed by atoms with Gasteiger partial charge < -0.3 is 18.3 Å². The molecular formula is C30H55O4P. The second kappa shape index (κ2) is 18.4. The van der Waals surface area contributed by atoms with Crippen molar-refractivity contribution < 1.29 is 18.3 Å². The SMILES string of the molecule is CC.COP(OC)Oc1c(C)c(C)c2c(c1C)CCC(CCCCCCCCCCCC(C)C)O2. The molecular weight excluding hydrogens is 455 g/mol. The molecule has 0 fully saturated rings. The first-order valence-corrected chi connectivity index (χ1v) is 15.3. The molecule has 0 spiro atoms. The summed E-state index contributed by atoms with van der Waals surface area (Å²) in [6.45, 7) is 15.0. The van der Waals surface area contributed by atoms with Gasteiger partial charge in [-0.2, -0.15) is 0 Å². The van der Waals surface area contributed by atoms with E-state index in [2.05, 4.69) is 34.6 Å². The Bertz CT molecular complexity index is 700. The third-order valence-electron chi connectivity index (χ3n) is 7.08. The van der Waals surface area contributed by atoms with Crippen molar-refractivity contribution in [3.05, 3.63) is 22.3 Å². The zero-order chi connectivity index (χ0) is 26.2. The smallest absolute Gasteiger partial charge is 0.396 e. The van der Waals surface area contributed by atoms with E-state index in [-0.39, 0.29) is 0 Å². The average molecular weight is 511 g/mol. The van der Waals surface area contributed by atoms with Crippen LogP contribution in [0.2, 0.25) is 0 Å². The molecule has 1 aliphatic heterocycles. The maximum absolute atomic E-state index is 6.52. The zero-order valence-electron chi connectivity index (χ0n) is 24.4. The van der Waals surface area contributed by atoms with Crippen LogP contribution in [0.5, 0.6) is 11.5 Å². The van der Waals surface area contributed by atoms with Crippen LogP contribution in [0.25, 0.3) is 0 Å². The van der Waals surface area contributed by atoms with Crippen LogP contribution in [0.15, 0.2) is 0 Å². The fourth-order valence-electron chi connectivity index (χ4n) is 4.87. The summed E-state index contributed by atoms with van der Waals surface area (Å²) >= 11 is 0. The lowest BCUT2D eigenvalue weighted by Gasteiger charge is -2.31. The fraction of sp³-hybridized carbons (Fsp3) is 0.800. The molecule has 0 aliphatic carbocycles. The highest BCUT2D eigenvalue weighted by Gasteiger charge is 2.27. The molecule has 1 atom stereocenters. The van der Waals surface area contributed by atoms with Gasteiger partial charge in [0.25, 0.3) is 0 Å². The van der Waals surface area contributed by atoms with Gasteiger partial charge in [0, 0.05) is 19.8 Å². The standard InChI is InChI=1S/C28H49O4P.C2H6/c1-21(2)17-15-13-11-9-8-10-12-14-16-18-25-19-20-26-24(5)27(32-33(29-6)30-7)22(3)23(4)28(26)31-25;1-2/h21,25H,8-20H2,1-7H3;1-2H3. The summed E-state index contributed by atoms with van der Waals surface area (Å²) in [5, 5.41) is 0. The molecule has 0 amide bonds. The van der Waals surface area contributed by atoms with E-state index in [1.807, 2.05) is 13.8 Å². The minimum Gasteiger partial charge on any atom is -0.490 e. The lowest BCUT2D eigenvalue weighted by atomic mass is 9.90. The first-order chi connectivity index (χ1) is 16.9. The Hall–Kier alpha value is -0.830. The summed E-state index contributed by atoms with van der Waals surface area (Å²) in [5.41, 5.74) is 4.76. The van der Waals surface area contributed by atoms with E-state index < -0.39 is 8.60 Å². The lowest BCUT2D eigenvalue weighted by molar-refractivity contribution is 0.158. The first kappa shape index (κ1) is 32.2. The Balaban J connectivity index is 0.00000298. The quantitative estimate of drug-likeness (QED) is 0.164. The molecule has 0 N–H and O–H groups in total. The van der Waals surface area contributed by atoms with Crippen LogP contribution in [-0.2, 0) is 15.5 Å². The molecule has 1 unspecified atom stereocenters. The van der Waals surface area contributed by atoms with Crippen molar-refractivity contribution in [1.29, 1.82) is 0 Å². The summed E-state index contributed by atoms with van der Waals surface area (Å²) in [7, 11) is 1.88. The van der Waals surface area contributed by atoms with Crippen LogP contribution in [0.3, 0.4) is 0 Å². The van der Waals surface area contributed by atoms with Gasteiger partial charge in [0.05, 0.1) is 6.10 Å². The molecule has 0 saturated carbocycles. The van der Waals surface area contributed by atoms with Crippen molar-refractivity contribution in [2.24, 2.45) is 5.92 Å². The summed E-state index contributed by atoms with van der Waals surface area (Å²) in [6, 6.07) is 0. The van der Waals surface area contributed by atoms with E-state index in [9.17, 15) is 0 Å². The highest BCUT2D eigenvalue weighted by molar-refractivity contribution is 7.42. The number of unbranched alkanes of at least 4 members (excludes halogenated alkanes) is 8. The summed E-state index contributed by atoms with van der Waals surface area (Å²) in [6.07, 6.45) is 17.5. The molecule has 204 valence electrons. The highest BCUT2D eigenvalue weighted by Crippen LogP contribution is 2.47. The van der Waals surface area contributed by atoms with Crippen LogP contribution >= 0.6 is 8.60 Å². The molecule has 35 heavy (non-hydrogen) atoms. The zero-order valence-corrected chi connectivity index (χ0v) is 25.3. The summed E-state index contributed by atoms with van der Waals surface area (Å²) in [5.74, 6) is 2.84. The third-order valence-corrected chi connectivity index (χ3v) is 8.01. The van der Waals surface area contributed by atoms with E-state index in [0.29, 0.717) is 6.10 Å². The minimum absolute atomic E-state index is 0.345. The van der Waals surface area contributed by atoms with E-state index in [1.54, 1.807) is 14.2 Å². The number of hydrogen-bond acceptors (Lipinski definition) is 4. The number of hydrogen-bond donors (Lipinski definition) is 0. The van der Waals surface area contributed by atoms with Crippen LogP contribution in [0.1, 0.15) is 127 Å². The topological polar surface area (TPSA) is 36.9 Å². The van der Waals surface area contributed by atoms with Gasteiger partial charge in [-0.05, 0) is 69.1 Å². The lowest BCUT2D eigenvalue weighted by Crippen LogP contribution is -2.24. The average Bonchev–Trinajstić information content (AvgIpc) is 2.87. The summed E-state index contributed by atoms with van der Waals surface area (Å²) < 4.78 is 23.2. The predicted molar refractivity (Wildman–Crippen MR) is 152 cm³/mol. The van der Waals surface area contributed by atoms with E-state index in [4.69, 9.17) is 18.3 Å². The summed E-state index contributed by atoms with van der Waals surface area (Å²) in [4.78, 5) is 0. The van der Waals surface area contributed by atoms with Gasteiger partial charge in [0.2, 0.25) is 0 Å². The van der Waals surface area contributed by atoms with Crippen molar-refractivity contribution in [2.75, 3.05) is 14.2 Å². The molecule has 1 aromatic rings. The van der Waals surface area contributed by atoms with Crippen LogP contribution in [0.4, 0.5) is 0 Å². The monoisotopic (exact) mass is 510 g/mol. The van der Waals surface area contributed by atoms with Crippen molar-refractivity contribution in [3.8, 4) is 11.5 Å².